The van der Waals surface area contributed by atoms with Crippen molar-refractivity contribution in [3.8, 4) is 0 Å². The van der Waals surface area contributed by atoms with Gasteiger partial charge in [0.05, 0.1) is 5.60 Å². The minimum atomic E-state index is -0.618. The van der Waals surface area contributed by atoms with Crippen LogP contribution >= 0.6 is 0 Å². The Morgan fingerprint density at radius 1 is 1.40 bits per heavy atom. The highest BCUT2D eigenvalue weighted by atomic mass is 16.3. The van der Waals surface area contributed by atoms with Crippen molar-refractivity contribution >= 4 is 11.6 Å². The number of β-amino-alcohol motifs (C(OH)–C–C–N with tert-alkyl or cyclic N) is 1. The summed E-state index contributed by atoms with van der Waals surface area (Å²) in [7, 11) is 0. The summed E-state index contributed by atoms with van der Waals surface area (Å²) < 4.78 is 0. The SMILES string of the molecule is CCCNc1cc(N2CCCC(C)(O)C2)nc(CC)n1. The van der Waals surface area contributed by atoms with Gasteiger partial charge in [0.2, 0.25) is 0 Å². The van der Waals surface area contributed by atoms with Gasteiger partial charge in [0.25, 0.3) is 0 Å². The molecule has 0 aliphatic carbocycles. The lowest BCUT2D eigenvalue weighted by Gasteiger charge is -2.37. The van der Waals surface area contributed by atoms with Crippen LogP contribution in [0.5, 0.6) is 0 Å². The van der Waals surface area contributed by atoms with Gasteiger partial charge in [-0.1, -0.05) is 13.8 Å². The largest absolute Gasteiger partial charge is 0.388 e. The van der Waals surface area contributed by atoms with Crippen LogP contribution in [0.15, 0.2) is 6.07 Å². The molecule has 0 radical (unpaired) electrons. The van der Waals surface area contributed by atoms with E-state index in [1.54, 1.807) is 0 Å². The van der Waals surface area contributed by atoms with E-state index in [0.29, 0.717) is 6.54 Å². The first kappa shape index (κ1) is 15.0. The number of hydrogen-bond acceptors (Lipinski definition) is 5. The number of piperidine rings is 1. The Bertz CT molecular complexity index is 447. The number of aryl methyl sites for hydroxylation is 1. The second-order valence-corrected chi connectivity index (χ2v) is 5.83. The molecule has 112 valence electrons. The summed E-state index contributed by atoms with van der Waals surface area (Å²) in [6.07, 6.45) is 3.74. The van der Waals surface area contributed by atoms with Gasteiger partial charge in [-0.2, -0.15) is 0 Å². The summed E-state index contributed by atoms with van der Waals surface area (Å²) in [5.41, 5.74) is -0.618. The van der Waals surface area contributed by atoms with Crippen LogP contribution in [-0.4, -0.2) is 40.3 Å². The summed E-state index contributed by atoms with van der Waals surface area (Å²) in [4.78, 5) is 11.3. The number of hydrogen-bond donors (Lipinski definition) is 2. The van der Waals surface area contributed by atoms with Crippen molar-refractivity contribution in [2.45, 2.75) is 52.1 Å². The Labute approximate surface area is 121 Å². The molecule has 0 bridgehead atoms. The van der Waals surface area contributed by atoms with Gasteiger partial charge in [-0.15, -0.1) is 0 Å². The minimum absolute atomic E-state index is 0.618. The maximum absolute atomic E-state index is 10.2. The molecule has 1 aromatic rings. The molecule has 20 heavy (non-hydrogen) atoms. The average Bonchev–Trinajstić information content (AvgIpc) is 2.43. The van der Waals surface area contributed by atoms with Crippen molar-refractivity contribution in [1.29, 1.82) is 0 Å². The minimum Gasteiger partial charge on any atom is -0.388 e. The summed E-state index contributed by atoms with van der Waals surface area (Å²) in [6.45, 7) is 8.60. The van der Waals surface area contributed by atoms with Crippen molar-refractivity contribution in [3.05, 3.63) is 11.9 Å². The molecule has 0 amide bonds. The molecule has 1 unspecified atom stereocenters. The molecule has 1 aromatic heterocycles. The van der Waals surface area contributed by atoms with E-state index in [4.69, 9.17) is 0 Å². The molecular weight excluding hydrogens is 252 g/mol. The molecule has 0 aromatic carbocycles. The van der Waals surface area contributed by atoms with E-state index in [2.05, 4.69) is 34.0 Å². The zero-order chi connectivity index (χ0) is 14.6. The van der Waals surface area contributed by atoms with Crippen molar-refractivity contribution in [2.24, 2.45) is 0 Å². The average molecular weight is 278 g/mol. The molecule has 2 rings (SSSR count). The van der Waals surface area contributed by atoms with Crippen LogP contribution in [0.1, 0.15) is 45.9 Å². The van der Waals surface area contributed by atoms with Gasteiger partial charge in [0, 0.05) is 32.1 Å². The third-order valence-corrected chi connectivity index (χ3v) is 3.63. The van der Waals surface area contributed by atoms with Crippen LogP contribution in [0.3, 0.4) is 0 Å². The second-order valence-electron chi connectivity index (χ2n) is 5.83. The zero-order valence-electron chi connectivity index (χ0n) is 12.8. The lowest BCUT2D eigenvalue weighted by molar-refractivity contribution is 0.0447. The van der Waals surface area contributed by atoms with Gasteiger partial charge in [-0.3, -0.25) is 0 Å². The Kier molecular flexibility index (Phi) is 4.81. The molecule has 2 heterocycles. The van der Waals surface area contributed by atoms with Crippen LogP contribution in [0, 0.1) is 0 Å². The van der Waals surface area contributed by atoms with Gasteiger partial charge in [-0.25, -0.2) is 9.97 Å². The van der Waals surface area contributed by atoms with Crippen molar-refractivity contribution in [3.63, 3.8) is 0 Å². The van der Waals surface area contributed by atoms with Crippen LogP contribution in [0.4, 0.5) is 11.6 Å². The molecule has 1 fully saturated rings. The molecule has 1 atom stereocenters. The zero-order valence-corrected chi connectivity index (χ0v) is 12.8. The van der Waals surface area contributed by atoms with E-state index in [0.717, 1.165) is 56.2 Å². The normalized spacial score (nSPS) is 22.9. The Balaban J connectivity index is 2.21. The van der Waals surface area contributed by atoms with E-state index in [9.17, 15) is 5.11 Å². The molecule has 1 aliphatic heterocycles. The van der Waals surface area contributed by atoms with Crippen LogP contribution in [0.25, 0.3) is 0 Å². The molecule has 1 aliphatic rings. The summed E-state index contributed by atoms with van der Waals surface area (Å²) in [5.74, 6) is 2.67. The predicted molar refractivity (Wildman–Crippen MR) is 82.3 cm³/mol. The Morgan fingerprint density at radius 3 is 2.85 bits per heavy atom. The number of rotatable bonds is 5. The molecule has 1 saturated heterocycles. The number of nitrogens with one attached hydrogen (secondary N) is 1. The van der Waals surface area contributed by atoms with Gasteiger partial charge in [0.1, 0.15) is 17.5 Å². The summed E-state index contributed by atoms with van der Waals surface area (Å²) >= 11 is 0. The number of aliphatic hydroxyl groups is 1. The van der Waals surface area contributed by atoms with Crippen LogP contribution < -0.4 is 10.2 Å². The second kappa shape index (κ2) is 6.39. The predicted octanol–water partition coefficient (Wildman–Crippen LogP) is 2.21. The maximum atomic E-state index is 10.2. The van der Waals surface area contributed by atoms with Gasteiger partial charge in [0.15, 0.2) is 0 Å². The molecule has 5 heteroatoms. The highest BCUT2D eigenvalue weighted by molar-refractivity contribution is 5.50. The standard InChI is InChI=1S/C15H26N4O/c1-4-8-16-13-10-14(18-12(5-2)17-13)19-9-6-7-15(3,20)11-19/h10,20H,4-9,11H2,1-3H3,(H,16,17,18). The van der Waals surface area contributed by atoms with E-state index in [1.165, 1.54) is 0 Å². The monoisotopic (exact) mass is 278 g/mol. The van der Waals surface area contributed by atoms with Gasteiger partial charge >= 0.3 is 0 Å². The molecular formula is C15H26N4O. The molecule has 2 N–H and O–H groups in total. The lowest BCUT2D eigenvalue weighted by atomic mass is 9.95. The number of anilines is 2. The van der Waals surface area contributed by atoms with Crippen molar-refractivity contribution < 1.29 is 5.11 Å². The quantitative estimate of drug-likeness (QED) is 0.864. The van der Waals surface area contributed by atoms with Crippen molar-refractivity contribution in [1.82, 2.24) is 9.97 Å². The molecule has 0 spiro atoms. The fraction of sp³-hybridized carbons (Fsp3) is 0.733. The summed E-state index contributed by atoms with van der Waals surface area (Å²) in [5, 5.41) is 13.6. The van der Waals surface area contributed by atoms with Crippen molar-refractivity contribution in [2.75, 3.05) is 29.9 Å². The van der Waals surface area contributed by atoms with Gasteiger partial charge < -0.3 is 15.3 Å². The summed E-state index contributed by atoms with van der Waals surface area (Å²) in [6, 6.07) is 2.00. The van der Waals surface area contributed by atoms with Crippen LogP contribution in [0.2, 0.25) is 0 Å². The van der Waals surface area contributed by atoms with Crippen LogP contribution in [-0.2, 0) is 6.42 Å². The number of nitrogens with zero attached hydrogens (tertiary/aromatic N) is 3. The van der Waals surface area contributed by atoms with E-state index in [-0.39, 0.29) is 0 Å². The highest BCUT2D eigenvalue weighted by Crippen LogP contribution is 2.25. The molecule has 0 saturated carbocycles. The lowest BCUT2D eigenvalue weighted by Crippen LogP contribution is -2.46. The first-order valence-corrected chi connectivity index (χ1v) is 7.63. The first-order valence-electron chi connectivity index (χ1n) is 7.63. The molecule has 5 nitrogen and oxygen atoms in total. The van der Waals surface area contributed by atoms with E-state index < -0.39 is 5.60 Å². The Hall–Kier alpha value is -1.36. The smallest absolute Gasteiger partial charge is 0.134 e. The third-order valence-electron chi connectivity index (χ3n) is 3.63. The first-order chi connectivity index (χ1) is 9.54. The fourth-order valence-corrected chi connectivity index (χ4v) is 2.56. The van der Waals surface area contributed by atoms with E-state index in [1.807, 2.05) is 13.0 Å². The van der Waals surface area contributed by atoms with E-state index >= 15 is 0 Å². The Morgan fingerprint density at radius 2 is 2.20 bits per heavy atom. The topological polar surface area (TPSA) is 61.3 Å². The maximum Gasteiger partial charge on any atom is 0.134 e. The third kappa shape index (κ3) is 3.82. The number of aromatic nitrogens is 2. The fourth-order valence-electron chi connectivity index (χ4n) is 2.56. The van der Waals surface area contributed by atoms with Gasteiger partial charge in [-0.05, 0) is 26.2 Å². The highest BCUT2D eigenvalue weighted by Gasteiger charge is 2.29.